The van der Waals surface area contributed by atoms with Crippen molar-refractivity contribution in [1.82, 2.24) is 39.9 Å². The number of rotatable bonds is 16. The fourth-order valence-corrected chi connectivity index (χ4v) is 9.60. The van der Waals surface area contributed by atoms with Crippen molar-refractivity contribution >= 4 is 71.1 Å². The molecule has 9 rings (SSSR count). The van der Waals surface area contributed by atoms with Crippen molar-refractivity contribution in [2.24, 2.45) is 9.98 Å². The van der Waals surface area contributed by atoms with E-state index in [0.717, 1.165) is 46.2 Å². The van der Waals surface area contributed by atoms with E-state index < -0.39 is 0 Å². The summed E-state index contributed by atoms with van der Waals surface area (Å²) in [4.78, 5) is 47.4. The van der Waals surface area contributed by atoms with Crippen molar-refractivity contribution in [3.8, 4) is 45.4 Å². The number of nitrogens with one attached hydrogen (secondary N) is 4. The Morgan fingerprint density at radius 1 is 0.506 bits per heavy atom. The first kappa shape index (κ1) is 52.6. The zero-order valence-corrected chi connectivity index (χ0v) is 43.8. The molecular formula is C60H46N14S3. The number of benzene rings is 1. The van der Waals surface area contributed by atoms with Gasteiger partial charge in [-0.3, -0.25) is 46.6 Å². The Labute approximate surface area is 458 Å². The third-order valence-electron chi connectivity index (χ3n) is 11.2. The number of aliphatic imine (C=N–C) groups is 2. The van der Waals surface area contributed by atoms with Crippen molar-refractivity contribution in [3.05, 3.63) is 259 Å². The molecule has 8 aromatic heterocycles. The van der Waals surface area contributed by atoms with Crippen molar-refractivity contribution in [2.75, 3.05) is 7.05 Å². The van der Waals surface area contributed by atoms with E-state index in [4.69, 9.17) is 34.9 Å². The van der Waals surface area contributed by atoms with Gasteiger partial charge in [-0.2, -0.15) is 0 Å². The molecule has 0 bridgehead atoms. The minimum Gasteiger partial charge on any atom is -0.293 e. The number of allylic oxidation sites excluding steroid dienone is 3. The monoisotopic (exact) mass is 1060 g/mol. The Morgan fingerprint density at radius 2 is 1.04 bits per heavy atom. The molecule has 4 N–H and O–H groups in total. The van der Waals surface area contributed by atoms with E-state index in [1.54, 1.807) is 86.5 Å². The number of aromatic nitrogens is 8. The van der Waals surface area contributed by atoms with Gasteiger partial charge in [0.1, 0.15) is 25.2 Å². The molecule has 0 atom stereocenters. The van der Waals surface area contributed by atoms with Gasteiger partial charge in [0.2, 0.25) is 0 Å². The Balaban J connectivity index is 0.994. The molecule has 14 nitrogen and oxygen atoms in total. The van der Waals surface area contributed by atoms with E-state index in [9.17, 15) is 21.6 Å². The standard InChI is InChI=1S/C60H46N14S3/c1-4-5-18-47(69-37-43-17-6-8-31-67-43)49-23-13-28-54(73-49)58(63)76-56(61)40-33-41(57(62)77-59(64)55-29-14-27-53(74-55)52-26-12-22-48(72-52)46-19-7-9-32-68-46)35-42(34-40)60(65-3)75-38(2)44-20-10-24-50(70-44)51-25-11-21-45(71-51)39-16-15-30-66-36-39/h4-36,61-64H,1-2,37H2,3H3/b18-5-,61-56?,62-57?,63-58?,64-59?,65-60?,69-47?. The summed E-state index contributed by atoms with van der Waals surface area (Å²) in [6.45, 7) is 8.54. The zero-order chi connectivity index (χ0) is 53.5. The van der Waals surface area contributed by atoms with Gasteiger partial charge in [0, 0.05) is 59.0 Å². The van der Waals surface area contributed by atoms with Gasteiger partial charge >= 0.3 is 0 Å². The quantitative estimate of drug-likeness (QED) is 0.0405. The molecular weight excluding hydrogens is 1010 g/mol. The first-order valence-electron chi connectivity index (χ1n) is 23.7. The van der Waals surface area contributed by atoms with E-state index >= 15 is 0 Å². The van der Waals surface area contributed by atoms with Crippen LogP contribution in [0.25, 0.3) is 50.3 Å². The molecule has 77 heavy (non-hydrogen) atoms. The van der Waals surface area contributed by atoms with Gasteiger partial charge in [0.15, 0.2) is 0 Å². The fourth-order valence-electron chi connectivity index (χ4n) is 7.51. The molecule has 0 unspecified atom stereocenters. The molecule has 374 valence electrons. The molecule has 17 heteroatoms. The molecule has 0 radical (unpaired) electrons. The van der Waals surface area contributed by atoms with E-state index in [1.165, 1.54) is 11.8 Å². The second kappa shape index (κ2) is 25.3. The van der Waals surface area contributed by atoms with Gasteiger partial charge in [-0.15, -0.1) is 0 Å². The van der Waals surface area contributed by atoms with Crippen LogP contribution < -0.4 is 0 Å². The predicted octanol–water partition coefficient (Wildman–Crippen LogP) is 13.2. The average Bonchev–Trinajstić information content (AvgIpc) is 3.50. The lowest BCUT2D eigenvalue weighted by Gasteiger charge is -2.14. The zero-order valence-electron chi connectivity index (χ0n) is 41.4. The van der Waals surface area contributed by atoms with Crippen LogP contribution >= 0.6 is 35.3 Å². The lowest BCUT2D eigenvalue weighted by Crippen LogP contribution is -2.10. The summed E-state index contributed by atoms with van der Waals surface area (Å²) < 4.78 is 0. The summed E-state index contributed by atoms with van der Waals surface area (Å²) >= 11 is 3.14. The van der Waals surface area contributed by atoms with Gasteiger partial charge in [-0.25, -0.2) is 24.9 Å². The highest BCUT2D eigenvalue weighted by Crippen LogP contribution is 2.33. The molecule has 0 saturated carbocycles. The topological polar surface area (TPSA) is 223 Å². The summed E-state index contributed by atoms with van der Waals surface area (Å²) in [5, 5.41) is 38.0. The third kappa shape index (κ3) is 13.5. The van der Waals surface area contributed by atoms with Crippen LogP contribution in [-0.4, -0.2) is 77.8 Å². The molecule has 0 aliphatic rings. The van der Waals surface area contributed by atoms with Crippen LogP contribution in [-0.2, 0) is 6.54 Å². The second-order valence-corrected chi connectivity index (χ2v) is 19.6. The summed E-state index contributed by atoms with van der Waals surface area (Å²) in [5.74, 6) is 0. The highest BCUT2D eigenvalue weighted by Gasteiger charge is 2.20. The Bertz CT molecular complexity index is 3790. The molecule has 0 aliphatic carbocycles. The SMILES string of the molecule is C=C/C=C\C(=NCc1ccccn1)c1cccc(C(=N)SC(=N)c2cc(C(=N)SC(=N)c3cccc(-c4cccc(-c5ccccn5)n4)n3)cc(C(=NC)SC(=C)c3cccc(-c4cccc(-c5cccnc5)n4)n3)c2)n1. The summed E-state index contributed by atoms with van der Waals surface area (Å²) in [5.41, 5.74) is 10.2. The molecule has 0 spiro atoms. The van der Waals surface area contributed by atoms with Crippen LogP contribution in [0.2, 0.25) is 0 Å². The number of hydrogen-bond donors (Lipinski definition) is 4. The minimum atomic E-state index is 0.0244. The maximum Gasteiger partial charge on any atom is 0.119 e. The summed E-state index contributed by atoms with van der Waals surface area (Å²) in [6, 6.07) is 48.2. The highest BCUT2D eigenvalue weighted by atomic mass is 32.2. The Kier molecular flexibility index (Phi) is 17.3. The Hall–Kier alpha value is -9.29. The molecule has 9 aromatic rings. The first-order valence-corrected chi connectivity index (χ1v) is 26.2. The van der Waals surface area contributed by atoms with E-state index in [0.29, 0.717) is 90.1 Å². The second-order valence-electron chi connectivity index (χ2n) is 16.5. The Morgan fingerprint density at radius 3 is 1.65 bits per heavy atom. The summed E-state index contributed by atoms with van der Waals surface area (Å²) in [6.07, 6.45) is 12.2. The van der Waals surface area contributed by atoms with Gasteiger partial charge in [0.25, 0.3) is 0 Å². The van der Waals surface area contributed by atoms with Crippen LogP contribution in [0.1, 0.15) is 45.2 Å². The van der Waals surface area contributed by atoms with E-state index in [1.807, 2.05) is 121 Å². The van der Waals surface area contributed by atoms with Crippen molar-refractivity contribution in [1.29, 1.82) is 21.6 Å². The van der Waals surface area contributed by atoms with Crippen LogP contribution in [0, 0.1) is 21.6 Å². The predicted molar refractivity (Wildman–Crippen MR) is 317 cm³/mol. The fraction of sp³-hybridized carbons (Fsp3) is 0.0333. The van der Waals surface area contributed by atoms with E-state index in [2.05, 4.69) is 28.1 Å². The molecule has 0 amide bonds. The van der Waals surface area contributed by atoms with Gasteiger partial charge in [0.05, 0.1) is 80.6 Å². The van der Waals surface area contributed by atoms with Crippen molar-refractivity contribution in [2.45, 2.75) is 6.54 Å². The highest BCUT2D eigenvalue weighted by molar-refractivity contribution is 8.27. The molecule has 1 aromatic carbocycles. The number of nitrogens with zero attached hydrogens (tertiary/aromatic N) is 10. The van der Waals surface area contributed by atoms with Crippen LogP contribution in [0.4, 0.5) is 0 Å². The average molecular weight is 1060 g/mol. The third-order valence-corrected chi connectivity index (χ3v) is 14.0. The molecule has 8 heterocycles. The largest absolute Gasteiger partial charge is 0.293 e. The van der Waals surface area contributed by atoms with Gasteiger partial charge in [-0.05, 0) is 145 Å². The smallest absolute Gasteiger partial charge is 0.119 e. The van der Waals surface area contributed by atoms with Crippen molar-refractivity contribution < 1.29 is 0 Å². The molecule has 0 saturated heterocycles. The lowest BCUT2D eigenvalue weighted by molar-refractivity contribution is 0.989. The van der Waals surface area contributed by atoms with Gasteiger partial charge in [-0.1, -0.05) is 79.5 Å². The molecule has 0 aliphatic heterocycles. The van der Waals surface area contributed by atoms with Crippen molar-refractivity contribution in [3.63, 3.8) is 0 Å². The maximum atomic E-state index is 9.45. The lowest BCUT2D eigenvalue weighted by atomic mass is 10.1. The normalized spacial score (nSPS) is 11.5. The maximum absolute atomic E-state index is 9.45. The molecule has 0 fully saturated rings. The van der Waals surface area contributed by atoms with Crippen LogP contribution in [0.3, 0.4) is 0 Å². The van der Waals surface area contributed by atoms with E-state index in [-0.39, 0.29) is 20.2 Å². The van der Waals surface area contributed by atoms with Crippen LogP contribution in [0.5, 0.6) is 0 Å². The first-order chi connectivity index (χ1) is 37.6. The van der Waals surface area contributed by atoms with Crippen LogP contribution in [0.15, 0.2) is 224 Å². The van der Waals surface area contributed by atoms with Gasteiger partial charge < -0.3 is 0 Å². The summed E-state index contributed by atoms with van der Waals surface area (Å²) in [7, 11) is 1.67. The minimum absolute atomic E-state index is 0.0244. The number of thioether (sulfide) groups is 3. The number of pyridine rings is 8. The number of hydrogen-bond acceptors (Lipinski definition) is 17.